The van der Waals surface area contributed by atoms with Crippen LogP contribution >= 0.6 is 15.9 Å². The molecule has 1 unspecified atom stereocenters. The van der Waals surface area contributed by atoms with Crippen molar-refractivity contribution in [2.24, 2.45) is 0 Å². The van der Waals surface area contributed by atoms with Gasteiger partial charge in [-0.2, -0.15) is 0 Å². The fourth-order valence-electron chi connectivity index (χ4n) is 1.68. The highest BCUT2D eigenvalue weighted by molar-refractivity contribution is 9.10. The van der Waals surface area contributed by atoms with E-state index in [2.05, 4.69) is 26.2 Å². The Hall–Kier alpha value is -1.95. The fraction of sp³-hybridized carbons (Fsp3) is 0.154. The first-order valence-electron chi connectivity index (χ1n) is 5.69. The summed E-state index contributed by atoms with van der Waals surface area (Å²) in [5, 5.41) is 14.0. The molecule has 1 atom stereocenters. The highest BCUT2D eigenvalue weighted by Crippen LogP contribution is 2.29. The Balaban J connectivity index is 2.23. The molecule has 0 amide bonds. The lowest BCUT2D eigenvalue weighted by atomic mass is 10.2. The van der Waals surface area contributed by atoms with Crippen LogP contribution in [0.2, 0.25) is 0 Å². The fourth-order valence-corrected chi connectivity index (χ4v) is 2.04. The predicted molar refractivity (Wildman–Crippen MR) is 77.1 cm³/mol. The van der Waals surface area contributed by atoms with Gasteiger partial charge in [0, 0.05) is 22.8 Å². The Kier molecular flexibility index (Phi) is 4.11. The van der Waals surface area contributed by atoms with Crippen LogP contribution in [0.3, 0.4) is 0 Å². The van der Waals surface area contributed by atoms with Gasteiger partial charge in [-0.3, -0.25) is 15.1 Å². The number of hydrogen-bond donors (Lipinski definition) is 1. The summed E-state index contributed by atoms with van der Waals surface area (Å²) in [5.41, 5.74) is 1.60. The smallest absolute Gasteiger partial charge is 0.271 e. The molecule has 0 aliphatic carbocycles. The highest BCUT2D eigenvalue weighted by Gasteiger charge is 2.12. The average Bonchev–Trinajstić information content (AvgIpc) is 2.42. The molecule has 1 heterocycles. The van der Waals surface area contributed by atoms with Crippen molar-refractivity contribution in [3.63, 3.8) is 0 Å². The number of aromatic nitrogens is 1. The van der Waals surface area contributed by atoms with Crippen LogP contribution in [0, 0.1) is 10.1 Å². The zero-order valence-corrected chi connectivity index (χ0v) is 11.8. The van der Waals surface area contributed by atoms with Crippen molar-refractivity contribution in [1.29, 1.82) is 0 Å². The zero-order valence-electron chi connectivity index (χ0n) is 10.2. The lowest BCUT2D eigenvalue weighted by molar-refractivity contribution is -0.384. The summed E-state index contributed by atoms with van der Waals surface area (Å²) in [6.07, 6.45) is 1.72. The molecule has 19 heavy (non-hydrogen) atoms. The molecular weight excluding hydrogens is 310 g/mol. The lowest BCUT2D eigenvalue weighted by Gasteiger charge is -2.15. The first-order chi connectivity index (χ1) is 9.08. The van der Waals surface area contributed by atoms with Gasteiger partial charge in [0.1, 0.15) is 0 Å². The van der Waals surface area contributed by atoms with E-state index in [0.717, 1.165) is 10.2 Å². The van der Waals surface area contributed by atoms with E-state index < -0.39 is 4.92 Å². The molecule has 0 spiro atoms. The number of nitrogens with one attached hydrogen (secondary N) is 1. The monoisotopic (exact) mass is 321 g/mol. The first-order valence-corrected chi connectivity index (χ1v) is 6.48. The average molecular weight is 322 g/mol. The van der Waals surface area contributed by atoms with E-state index in [1.165, 1.54) is 12.1 Å². The second-order valence-corrected chi connectivity index (χ2v) is 4.90. The number of nitro benzene ring substituents is 1. The van der Waals surface area contributed by atoms with Gasteiger partial charge in [-0.05, 0) is 41.1 Å². The number of nitrogens with zero attached hydrogens (tertiary/aromatic N) is 2. The molecule has 0 fully saturated rings. The van der Waals surface area contributed by atoms with Gasteiger partial charge in [-0.15, -0.1) is 0 Å². The van der Waals surface area contributed by atoms with E-state index >= 15 is 0 Å². The van der Waals surface area contributed by atoms with Crippen LogP contribution in [-0.4, -0.2) is 9.91 Å². The van der Waals surface area contributed by atoms with E-state index in [1.54, 1.807) is 12.3 Å². The number of benzene rings is 1. The molecule has 0 aliphatic heterocycles. The molecule has 2 rings (SSSR count). The van der Waals surface area contributed by atoms with Gasteiger partial charge in [0.05, 0.1) is 22.3 Å². The molecule has 0 saturated carbocycles. The number of hydrogen-bond acceptors (Lipinski definition) is 4. The summed E-state index contributed by atoms with van der Waals surface area (Å²) in [6, 6.07) is 10.2. The minimum absolute atomic E-state index is 0.0421. The van der Waals surface area contributed by atoms with E-state index in [9.17, 15) is 10.1 Å². The zero-order chi connectivity index (χ0) is 13.8. The number of pyridine rings is 1. The normalized spacial score (nSPS) is 11.9. The Morgan fingerprint density at radius 1 is 1.37 bits per heavy atom. The lowest BCUT2D eigenvalue weighted by Crippen LogP contribution is -2.08. The third kappa shape index (κ3) is 3.29. The quantitative estimate of drug-likeness (QED) is 0.684. The molecule has 0 saturated heterocycles. The summed E-state index contributed by atoms with van der Waals surface area (Å²) in [7, 11) is 0. The van der Waals surface area contributed by atoms with Gasteiger partial charge >= 0.3 is 0 Å². The summed E-state index contributed by atoms with van der Waals surface area (Å²) >= 11 is 3.38. The van der Waals surface area contributed by atoms with Crippen LogP contribution in [0.1, 0.15) is 18.7 Å². The van der Waals surface area contributed by atoms with Crippen LogP contribution < -0.4 is 5.32 Å². The van der Waals surface area contributed by atoms with Gasteiger partial charge in [0.15, 0.2) is 0 Å². The van der Waals surface area contributed by atoms with E-state index in [-0.39, 0.29) is 11.7 Å². The number of nitro groups is 1. The van der Waals surface area contributed by atoms with Crippen LogP contribution in [0.15, 0.2) is 47.1 Å². The summed E-state index contributed by atoms with van der Waals surface area (Å²) in [6.45, 7) is 1.95. The molecule has 98 valence electrons. The maximum atomic E-state index is 10.8. The van der Waals surface area contributed by atoms with Crippen molar-refractivity contribution in [3.05, 3.63) is 62.9 Å². The van der Waals surface area contributed by atoms with Crippen molar-refractivity contribution < 1.29 is 4.92 Å². The molecule has 0 aliphatic rings. The standard InChI is InChI=1S/C13H12BrN3O2/c1-9(12-4-2-3-7-15-12)16-13-8-10(17(18)19)5-6-11(13)14/h2-9,16H,1H3. The molecule has 6 heteroatoms. The number of halogens is 1. The molecule has 5 nitrogen and oxygen atoms in total. The van der Waals surface area contributed by atoms with Gasteiger partial charge in [0.2, 0.25) is 0 Å². The third-order valence-corrected chi connectivity index (χ3v) is 3.36. The molecular formula is C13H12BrN3O2. The van der Waals surface area contributed by atoms with Crippen molar-refractivity contribution in [1.82, 2.24) is 4.98 Å². The van der Waals surface area contributed by atoms with Crippen LogP contribution in [0.5, 0.6) is 0 Å². The molecule has 2 aromatic rings. The minimum Gasteiger partial charge on any atom is -0.376 e. The minimum atomic E-state index is -0.414. The van der Waals surface area contributed by atoms with E-state index in [4.69, 9.17) is 0 Å². The van der Waals surface area contributed by atoms with Gasteiger partial charge < -0.3 is 5.32 Å². The third-order valence-electron chi connectivity index (χ3n) is 2.66. The maximum Gasteiger partial charge on any atom is 0.271 e. The van der Waals surface area contributed by atoms with Gasteiger partial charge in [-0.25, -0.2) is 0 Å². The summed E-state index contributed by atoms with van der Waals surface area (Å²) < 4.78 is 0.779. The Labute approximate surface area is 119 Å². The second kappa shape index (κ2) is 5.79. The molecule has 1 aromatic carbocycles. The summed E-state index contributed by atoms with van der Waals surface area (Å²) in [5.74, 6) is 0. The van der Waals surface area contributed by atoms with Crippen molar-refractivity contribution >= 4 is 27.3 Å². The topological polar surface area (TPSA) is 68.1 Å². The molecule has 1 N–H and O–H groups in total. The molecule has 1 aromatic heterocycles. The Morgan fingerprint density at radius 3 is 2.79 bits per heavy atom. The Bertz CT molecular complexity index is 590. The van der Waals surface area contributed by atoms with Crippen molar-refractivity contribution in [2.75, 3.05) is 5.32 Å². The van der Waals surface area contributed by atoms with Crippen LogP contribution in [-0.2, 0) is 0 Å². The summed E-state index contributed by atoms with van der Waals surface area (Å²) in [4.78, 5) is 14.6. The van der Waals surface area contributed by atoms with Crippen LogP contribution in [0.25, 0.3) is 0 Å². The molecule has 0 bridgehead atoms. The van der Waals surface area contributed by atoms with E-state index in [0.29, 0.717) is 5.69 Å². The van der Waals surface area contributed by atoms with Gasteiger partial charge in [-0.1, -0.05) is 6.07 Å². The van der Waals surface area contributed by atoms with E-state index in [1.807, 2.05) is 25.1 Å². The number of rotatable bonds is 4. The van der Waals surface area contributed by atoms with Crippen LogP contribution in [0.4, 0.5) is 11.4 Å². The highest BCUT2D eigenvalue weighted by atomic mass is 79.9. The Morgan fingerprint density at radius 2 is 2.16 bits per heavy atom. The largest absolute Gasteiger partial charge is 0.376 e. The predicted octanol–water partition coefficient (Wildman–Crippen LogP) is 3.93. The number of anilines is 1. The first kappa shape index (κ1) is 13.5. The second-order valence-electron chi connectivity index (χ2n) is 4.04. The van der Waals surface area contributed by atoms with Crippen molar-refractivity contribution in [3.8, 4) is 0 Å². The number of non-ortho nitro benzene ring substituents is 1. The van der Waals surface area contributed by atoms with Gasteiger partial charge in [0.25, 0.3) is 5.69 Å². The molecule has 0 radical (unpaired) electrons. The maximum absolute atomic E-state index is 10.8. The van der Waals surface area contributed by atoms with Crippen molar-refractivity contribution in [2.45, 2.75) is 13.0 Å². The SMILES string of the molecule is CC(Nc1cc([N+](=O)[O-])ccc1Br)c1ccccn1.